The molecule has 3 N–H and O–H groups in total. The van der Waals surface area contributed by atoms with Crippen LogP contribution in [0.15, 0.2) is 18.2 Å². The summed E-state index contributed by atoms with van der Waals surface area (Å²) in [5.41, 5.74) is 5.40. The van der Waals surface area contributed by atoms with E-state index >= 15 is 0 Å². The molecule has 2 nitrogen and oxygen atoms in total. The summed E-state index contributed by atoms with van der Waals surface area (Å²) in [5, 5.41) is 10.3. The topological polar surface area (TPSA) is 46.2 Å². The number of aliphatic hydroxyl groups is 1. The molecule has 0 aromatic heterocycles. The molecule has 0 heterocycles. The number of hydrogen-bond donors (Lipinski definition) is 2. The van der Waals surface area contributed by atoms with Gasteiger partial charge in [0, 0.05) is 18.5 Å². The highest BCUT2D eigenvalue weighted by atomic mass is 19.1. The van der Waals surface area contributed by atoms with E-state index in [9.17, 15) is 13.9 Å². The molecule has 0 radical (unpaired) electrons. The first kappa shape index (κ1) is 12.5. The molecule has 1 aromatic rings. The summed E-state index contributed by atoms with van der Waals surface area (Å²) in [6.07, 6.45) is 2.98. The molecule has 1 aliphatic carbocycles. The van der Waals surface area contributed by atoms with Crippen LogP contribution in [0.5, 0.6) is 0 Å². The maximum atomic E-state index is 13.0. The van der Waals surface area contributed by atoms with E-state index in [-0.39, 0.29) is 12.5 Å². The molecule has 0 saturated heterocycles. The Labute approximate surface area is 99.4 Å². The van der Waals surface area contributed by atoms with Crippen LogP contribution in [-0.2, 0) is 6.42 Å². The lowest BCUT2D eigenvalue weighted by molar-refractivity contribution is 0.000130. The van der Waals surface area contributed by atoms with Gasteiger partial charge in [0.1, 0.15) is 11.6 Å². The number of hydrogen-bond acceptors (Lipinski definition) is 2. The highest BCUT2D eigenvalue weighted by Gasteiger charge is 2.32. The molecule has 0 atom stereocenters. The van der Waals surface area contributed by atoms with Gasteiger partial charge < -0.3 is 10.8 Å². The van der Waals surface area contributed by atoms with Gasteiger partial charge in [-0.05, 0) is 43.4 Å². The predicted molar refractivity (Wildman–Crippen MR) is 61.5 cm³/mol. The van der Waals surface area contributed by atoms with Crippen molar-refractivity contribution in [3.63, 3.8) is 0 Å². The third-order valence-corrected chi connectivity index (χ3v) is 3.42. The minimum atomic E-state index is -0.865. The van der Waals surface area contributed by atoms with Crippen LogP contribution in [0.4, 0.5) is 8.78 Å². The van der Waals surface area contributed by atoms with Gasteiger partial charge in [0.25, 0.3) is 0 Å². The Morgan fingerprint density at radius 3 is 2.24 bits per heavy atom. The normalized spacial score (nSPS) is 29.3. The molecule has 0 unspecified atom stereocenters. The van der Waals surface area contributed by atoms with E-state index in [1.165, 1.54) is 12.1 Å². The second-order valence-corrected chi connectivity index (χ2v) is 5.02. The van der Waals surface area contributed by atoms with Gasteiger partial charge in [0.05, 0.1) is 5.60 Å². The van der Waals surface area contributed by atoms with Gasteiger partial charge in [-0.2, -0.15) is 0 Å². The average molecular weight is 241 g/mol. The summed E-state index contributed by atoms with van der Waals surface area (Å²) in [7, 11) is 0. The van der Waals surface area contributed by atoms with Gasteiger partial charge in [-0.1, -0.05) is 0 Å². The molecule has 1 aromatic carbocycles. The first-order valence-electron chi connectivity index (χ1n) is 5.90. The van der Waals surface area contributed by atoms with E-state index in [1.54, 1.807) is 0 Å². The highest BCUT2D eigenvalue weighted by molar-refractivity contribution is 5.20. The van der Waals surface area contributed by atoms with E-state index in [0.717, 1.165) is 18.9 Å². The van der Waals surface area contributed by atoms with Crippen molar-refractivity contribution in [3.05, 3.63) is 35.4 Å². The van der Waals surface area contributed by atoms with Crippen LogP contribution < -0.4 is 5.73 Å². The molecule has 0 amide bonds. The summed E-state index contributed by atoms with van der Waals surface area (Å²) in [6.45, 7) is 0. The Bertz CT molecular complexity index is 380. The van der Waals surface area contributed by atoms with Gasteiger partial charge in [0.15, 0.2) is 0 Å². The van der Waals surface area contributed by atoms with Crippen LogP contribution in [-0.4, -0.2) is 16.7 Å². The number of halogens is 2. The minimum absolute atomic E-state index is 0.138. The Balaban J connectivity index is 2.09. The zero-order chi connectivity index (χ0) is 12.5. The van der Waals surface area contributed by atoms with Crippen LogP contribution in [0.2, 0.25) is 0 Å². The van der Waals surface area contributed by atoms with Crippen LogP contribution >= 0.6 is 0 Å². The Morgan fingerprint density at radius 1 is 1.18 bits per heavy atom. The van der Waals surface area contributed by atoms with E-state index in [2.05, 4.69) is 0 Å². The van der Waals surface area contributed by atoms with Crippen LogP contribution in [0, 0.1) is 11.6 Å². The summed E-state index contributed by atoms with van der Waals surface area (Å²) < 4.78 is 26.1. The SMILES string of the molecule is NC1CCC(O)(Cc2cc(F)cc(F)c2)CC1. The molecule has 17 heavy (non-hydrogen) atoms. The van der Waals surface area contributed by atoms with Crippen LogP contribution in [0.1, 0.15) is 31.2 Å². The van der Waals surface area contributed by atoms with Crippen molar-refractivity contribution < 1.29 is 13.9 Å². The zero-order valence-electron chi connectivity index (χ0n) is 9.63. The first-order chi connectivity index (χ1) is 7.97. The van der Waals surface area contributed by atoms with Gasteiger partial charge in [-0.15, -0.1) is 0 Å². The van der Waals surface area contributed by atoms with Crippen molar-refractivity contribution >= 4 is 0 Å². The number of benzene rings is 1. The molecule has 4 heteroatoms. The highest BCUT2D eigenvalue weighted by Crippen LogP contribution is 2.31. The summed E-state index contributed by atoms with van der Waals surface area (Å²) >= 11 is 0. The minimum Gasteiger partial charge on any atom is -0.390 e. The lowest BCUT2D eigenvalue weighted by Gasteiger charge is -2.34. The fourth-order valence-electron chi connectivity index (χ4n) is 2.45. The molecule has 0 bridgehead atoms. The smallest absolute Gasteiger partial charge is 0.126 e. The van der Waals surface area contributed by atoms with E-state index in [4.69, 9.17) is 5.73 Å². The molecule has 0 spiro atoms. The van der Waals surface area contributed by atoms with Crippen molar-refractivity contribution in [2.75, 3.05) is 0 Å². The molecule has 1 fully saturated rings. The van der Waals surface area contributed by atoms with Crippen molar-refractivity contribution in [3.8, 4) is 0 Å². The zero-order valence-corrected chi connectivity index (χ0v) is 9.63. The summed E-state index contributed by atoms with van der Waals surface area (Å²) in [4.78, 5) is 0. The monoisotopic (exact) mass is 241 g/mol. The van der Waals surface area contributed by atoms with Crippen LogP contribution in [0.3, 0.4) is 0 Å². The van der Waals surface area contributed by atoms with Gasteiger partial charge in [0.2, 0.25) is 0 Å². The predicted octanol–water partition coefficient (Wildman–Crippen LogP) is 2.14. The molecule has 1 aliphatic rings. The lowest BCUT2D eigenvalue weighted by atomic mass is 9.79. The van der Waals surface area contributed by atoms with E-state index < -0.39 is 17.2 Å². The standard InChI is InChI=1S/C13H17F2NO/c14-10-5-9(6-11(15)7-10)8-13(17)3-1-12(16)2-4-13/h5-7,12,17H,1-4,8,16H2. The Kier molecular flexibility index (Phi) is 3.45. The largest absolute Gasteiger partial charge is 0.390 e. The Morgan fingerprint density at radius 2 is 1.71 bits per heavy atom. The molecular weight excluding hydrogens is 224 g/mol. The van der Waals surface area contributed by atoms with E-state index in [1.807, 2.05) is 0 Å². The van der Waals surface area contributed by atoms with Gasteiger partial charge in [-0.3, -0.25) is 0 Å². The molecule has 2 rings (SSSR count). The fourth-order valence-corrected chi connectivity index (χ4v) is 2.45. The van der Waals surface area contributed by atoms with Crippen molar-refractivity contribution in [1.29, 1.82) is 0 Å². The number of nitrogens with two attached hydrogens (primary N) is 1. The maximum absolute atomic E-state index is 13.0. The molecular formula is C13H17F2NO. The fraction of sp³-hybridized carbons (Fsp3) is 0.538. The number of rotatable bonds is 2. The lowest BCUT2D eigenvalue weighted by Crippen LogP contribution is -2.40. The van der Waals surface area contributed by atoms with Gasteiger partial charge >= 0.3 is 0 Å². The third-order valence-electron chi connectivity index (χ3n) is 3.42. The molecule has 94 valence electrons. The van der Waals surface area contributed by atoms with Crippen molar-refractivity contribution in [2.45, 2.75) is 43.7 Å². The quantitative estimate of drug-likeness (QED) is 0.833. The Hall–Kier alpha value is -1.00. The van der Waals surface area contributed by atoms with Crippen LogP contribution in [0.25, 0.3) is 0 Å². The third kappa shape index (κ3) is 3.23. The summed E-state index contributed by atoms with van der Waals surface area (Å²) in [6, 6.07) is 3.52. The summed E-state index contributed by atoms with van der Waals surface area (Å²) in [5.74, 6) is -1.20. The first-order valence-corrected chi connectivity index (χ1v) is 5.90. The van der Waals surface area contributed by atoms with E-state index in [0.29, 0.717) is 18.4 Å². The molecule has 0 aliphatic heterocycles. The molecule has 1 saturated carbocycles. The second-order valence-electron chi connectivity index (χ2n) is 5.02. The second kappa shape index (κ2) is 4.70. The van der Waals surface area contributed by atoms with Gasteiger partial charge in [-0.25, -0.2) is 8.78 Å². The van der Waals surface area contributed by atoms with Crippen molar-refractivity contribution in [1.82, 2.24) is 0 Å². The van der Waals surface area contributed by atoms with Crippen molar-refractivity contribution in [2.24, 2.45) is 5.73 Å². The average Bonchev–Trinajstić information content (AvgIpc) is 2.21. The maximum Gasteiger partial charge on any atom is 0.126 e.